The Morgan fingerprint density at radius 2 is 2.36 bits per heavy atom. The highest BCUT2D eigenvalue weighted by Gasteiger charge is 2.17. The van der Waals surface area contributed by atoms with Gasteiger partial charge in [0.1, 0.15) is 5.02 Å². The first-order valence-corrected chi connectivity index (χ1v) is 3.79. The predicted molar refractivity (Wildman–Crippen MR) is 41.4 cm³/mol. The Hall–Kier alpha value is -0.940. The SMILES string of the molecule is O=Cc1scc([N+](=O)[O-])c1Cl. The van der Waals surface area contributed by atoms with Gasteiger partial charge in [-0.05, 0) is 0 Å². The molecule has 0 unspecified atom stereocenters. The molecule has 0 aliphatic carbocycles. The molecular weight excluding hydrogens is 190 g/mol. The second-order valence-corrected chi connectivity index (χ2v) is 2.96. The van der Waals surface area contributed by atoms with Gasteiger partial charge in [0, 0.05) is 0 Å². The number of nitrogens with zero attached hydrogens (tertiary/aromatic N) is 1. The minimum Gasteiger partial charge on any atom is -0.297 e. The number of rotatable bonds is 2. The zero-order chi connectivity index (χ0) is 8.43. The first-order chi connectivity index (χ1) is 5.16. The number of hydrogen-bond acceptors (Lipinski definition) is 4. The second kappa shape index (κ2) is 2.98. The van der Waals surface area contributed by atoms with E-state index in [4.69, 9.17) is 11.6 Å². The molecule has 1 heterocycles. The normalized spacial score (nSPS) is 9.55. The third kappa shape index (κ3) is 1.38. The van der Waals surface area contributed by atoms with E-state index in [-0.39, 0.29) is 15.6 Å². The highest BCUT2D eigenvalue weighted by atomic mass is 35.5. The van der Waals surface area contributed by atoms with Gasteiger partial charge in [-0.25, -0.2) is 0 Å². The lowest BCUT2D eigenvalue weighted by molar-refractivity contribution is -0.384. The van der Waals surface area contributed by atoms with Gasteiger partial charge in [-0.1, -0.05) is 11.6 Å². The Kier molecular flexibility index (Phi) is 2.21. The maximum absolute atomic E-state index is 10.2. The molecule has 0 fully saturated rings. The third-order valence-electron chi connectivity index (χ3n) is 1.04. The topological polar surface area (TPSA) is 60.2 Å². The van der Waals surface area contributed by atoms with Crippen molar-refractivity contribution in [3.63, 3.8) is 0 Å². The smallest absolute Gasteiger partial charge is 0.297 e. The molecule has 1 aromatic rings. The van der Waals surface area contributed by atoms with Gasteiger partial charge in [0.05, 0.1) is 15.2 Å². The molecule has 0 radical (unpaired) electrons. The molecule has 6 heteroatoms. The Morgan fingerprint density at radius 1 is 1.73 bits per heavy atom. The minimum absolute atomic E-state index is 0.0741. The first kappa shape index (κ1) is 8.16. The van der Waals surface area contributed by atoms with Gasteiger partial charge < -0.3 is 0 Å². The predicted octanol–water partition coefficient (Wildman–Crippen LogP) is 2.12. The molecule has 0 amide bonds. The van der Waals surface area contributed by atoms with Gasteiger partial charge in [0.15, 0.2) is 6.29 Å². The fourth-order valence-electron chi connectivity index (χ4n) is 0.552. The number of thiophene rings is 1. The zero-order valence-electron chi connectivity index (χ0n) is 5.11. The summed E-state index contributed by atoms with van der Waals surface area (Å²) in [5.74, 6) is 0. The molecule has 11 heavy (non-hydrogen) atoms. The van der Waals surface area contributed by atoms with E-state index in [0.29, 0.717) is 6.29 Å². The van der Waals surface area contributed by atoms with Crippen molar-refractivity contribution in [3.8, 4) is 0 Å². The van der Waals surface area contributed by atoms with Crippen LogP contribution in [0, 0.1) is 10.1 Å². The van der Waals surface area contributed by atoms with E-state index >= 15 is 0 Å². The summed E-state index contributed by atoms with van der Waals surface area (Å²) < 4.78 is 0. The van der Waals surface area contributed by atoms with E-state index in [0.717, 1.165) is 11.3 Å². The van der Waals surface area contributed by atoms with E-state index in [2.05, 4.69) is 0 Å². The molecule has 0 N–H and O–H groups in total. The van der Waals surface area contributed by atoms with Crippen LogP contribution in [-0.2, 0) is 0 Å². The summed E-state index contributed by atoms with van der Waals surface area (Å²) in [5.41, 5.74) is -0.209. The van der Waals surface area contributed by atoms with E-state index in [1.54, 1.807) is 0 Å². The summed E-state index contributed by atoms with van der Waals surface area (Å²) in [6.07, 6.45) is 0.500. The lowest BCUT2D eigenvalue weighted by atomic mass is 10.4. The van der Waals surface area contributed by atoms with Crippen molar-refractivity contribution in [2.75, 3.05) is 0 Å². The van der Waals surface area contributed by atoms with Crippen molar-refractivity contribution < 1.29 is 9.72 Å². The van der Waals surface area contributed by atoms with Crippen molar-refractivity contribution in [3.05, 3.63) is 25.4 Å². The highest BCUT2D eigenvalue weighted by Crippen LogP contribution is 2.32. The number of aldehydes is 1. The quantitative estimate of drug-likeness (QED) is 0.409. The van der Waals surface area contributed by atoms with Gasteiger partial charge in [-0.15, -0.1) is 11.3 Å². The molecule has 0 aromatic carbocycles. The van der Waals surface area contributed by atoms with Crippen LogP contribution in [0.15, 0.2) is 5.38 Å². The summed E-state index contributed by atoms with van der Waals surface area (Å²) in [4.78, 5) is 19.9. The summed E-state index contributed by atoms with van der Waals surface area (Å²) >= 11 is 6.42. The lowest BCUT2D eigenvalue weighted by Gasteiger charge is -1.84. The third-order valence-corrected chi connectivity index (χ3v) is 2.45. The highest BCUT2D eigenvalue weighted by molar-refractivity contribution is 7.12. The Morgan fingerprint density at radius 3 is 2.64 bits per heavy atom. The van der Waals surface area contributed by atoms with Crippen LogP contribution in [0.3, 0.4) is 0 Å². The van der Waals surface area contributed by atoms with Gasteiger partial charge in [-0.3, -0.25) is 14.9 Å². The molecule has 0 atom stereocenters. The fraction of sp³-hybridized carbons (Fsp3) is 0. The summed E-state index contributed by atoms with van der Waals surface area (Å²) in [6, 6.07) is 0. The van der Waals surface area contributed by atoms with Crippen LogP contribution >= 0.6 is 22.9 Å². The van der Waals surface area contributed by atoms with Gasteiger partial charge >= 0.3 is 0 Å². The van der Waals surface area contributed by atoms with Crippen LogP contribution in [0.1, 0.15) is 9.67 Å². The Balaban J connectivity index is 3.20. The molecule has 0 saturated heterocycles. The van der Waals surface area contributed by atoms with Crippen LogP contribution in [0.5, 0.6) is 0 Å². The Labute approximate surface area is 70.6 Å². The largest absolute Gasteiger partial charge is 0.299 e. The van der Waals surface area contributed by atoms with E-state index < -0.39 is 4.92 Å². The van der Waals surface area contributed by atoms with E-state index in [1.807, 2.05) is 0 Å². The Bertz CT molecular complexity index is 309. The number of hydrogen-bond donors (Lipinski definition) is 0. The maximum atomic E-state index is 10.2. The fourth-order valence-corrected chi connectivity index (χ4v) is 1.62. The minimum atomic E-state index is -0.619. The van der Waals surface area contributed by atoms with Crippen molar-refractivity contribution in [1.29, 1.82) is 0 Å². The van der Waals surface area contributed by atoms with Crippen LogP contribution in [0.2, 0.25) is 5.02 Å². The van der Waals surface area contributed by atoms with Crippen molar-refractivity contribution in [2.45, 2.75) is 0 Å². The van der Waals surface area contributed by atoms with Crippen molar-refractivity contribution >= 4 is 34.9 Å². The second-order valence-electron chi connectivity index (χ2n) is 1.67. The average Bonchev–Trinajstić information content (AvgIpc) is 2.30. The number of carbonyl (C=O) groups excluding carboxylic acids is 1. The first-order valence-electron chi connectivity index (χ1n) is 2.53. The van der Waals surface area contributed by atoms with E-state index in [9.17, 15) is 14.9 Å². The molecule has 1 aromatic heterocycles. The zero-order valence-corrected chi connectivity index (χ0v) is 6.69. The van der Waals surface area contributed by atoms with Crippen LogP contribution < -0.4 is 0 Å². The summed E-state index contributed by atoms with van der Waals surface area (Å²) in [5, 5.41) is 11.3. The summed E-state index contributed by atoms with van der Waals surface area (Å²) in [6.45, 7) is 0. The molecule has 0 spiro atoms. The molecule has 0 saturated carbocycles. The number of halogens is 1. The maximum Gasteiger partial charge on any atom is 0.299 e. The molecule has 1 rings (SSSR count). The monoisotopic (exact) mass is 191 g/mol. The van der Waals surface area contributed by atoms with Crippen molar-refractivity contribution in [2.24, 2.45) is 0 Å². The van der Waals surface area contributed by atoms with Crippen LogP contribution in [0.4, 0.5) is 5.69 Å². The molecule has 0 aliphatic rings. The lowest BCUT2D eigenvalue weighted by Crippen LogP contribution is -1.85. The molecule has 0 bridgehead atoms. The average molecular weight is 192 g/mol. The number of nitro groups is 1. The molecule has 0 aliphatic heterocycles. The van der Waals surface area contributed by atoms with Crippen LogP contribution in [-0.4, -0.2) is 11.2 Å². The summed E-state index contributed by atoms with van der Waals surface area (Å²) in [7, 11) is 0. The van der Waals surface area contributed by atoms with E-state index in [1.165, 1.54) is 5.38 Å². The van der Waals surface area contributed by atoms with Crippen LogP contribution in [0.25, 0.3) is 0 Å². The number of carbonyl (C=O) groups is 1. The molecule has 58 valence electrons. The van der Waals surface area contributed by atoms with Gasteiger partial charge in [0.25, 0.3) is 5.69 Å². The van der Waals surface area contributed by atoms with Gasteiger partial charge in [-0.2, -0.15) is 0 Å². The standard InChI is InChI=1S/C5H2ClNO3S/c6-5-3(7(9)10)2-11-4(5)1-8/h1-2H. The van der Waals surface area contributed by atoms with Gasteiger partial charge in [0.2, 0.25) is 0 Å². The molecule has 4 nitrogen and oxygen atoms in total. The van der Waals surface area contributed by atoms with Crippen molar-refractivity contribution in [1.82, 2.24) is 0 Å². The molecular formula is C5H2ClNO3S.